The number of phenolic OH excluding ortho intramolecular Hbond substituents is 1. The lowest BCUT2D eigenvalue weighted by atomic mass is 10.1. The maximum atomic E-state index is 12.6. The van der Waals surface area contributed by atoms with E-state index in [9.17, 15) is 9.90 Å². The highest BCUT2D eigenvalue weighted by molar-refractivity contribution is 5.92. The van der Waals surface area contributed by atoms with E-state index in [4.69, 9.17) is 4.74 Å². The molecule has 0 spiro atoms. The van der Waals surface area contributed by atoms with Crippen LogP contribution in [0.4, 0.5) is 0 Å². The highest BCUT2D eigenvalue weighted by atomic mass is 35.5. The minimum Gasteiger partial charge on any atom is -0.504 e. The lowest BCUT2D eigenvalue weighted by Crippen LogP contribution is -2.32. The largest absolute Gasteiger partial charge is 0.504 e. The number of rotatable bonds is 5. The van der Waals surface area contributed by atoms with Crippen molar-refractivity contribution < 1.29 is 14.6 Å². The number of piperidine rings is 1. The van der Waals surface area contributed by atoms with E-state index < -0.39 is 0 Å². The zero-order chi connectivity index (χ0) is 17.8. The molecule has 1 saturated heterocycles. The molecule has 1 aromatic carbocycles. The molecule has 0 bridgehead atoms. The predicted molar refractivity (Wildman–Crippen MR) is 101 cm³/mol. The summed E-state index contributed by atoms with van der Waals surface area (Å²) < 4.78 is 6.92. The number of hydrogen-bond acceptors (Lipinski definition) is 5. The molecule has 2 heterocycles. The Morgan fingerprint density at radius 1 is 1.46 bits per heavy atom. The first kappa shape index (κ1) is 20.1. The van der Waals surface area contributed by atoms with Gasteiger partial charge in [0.25, 0.3) is 5.91 Å². The standard InChI is InChI=1S/C18H24N4O3.ClH/c1-21(12-13-5-6-17(25-2)16(23)10-13)18(24)15-7-9-22(20-15)14-4-3-8-19-11-14;/h5-7,9-10,14,19,23H,3-4,8,11-12H2,1-2H3;1H. The van der Waals surface area contributed by atoms with Gasteiger partial charge in [-0.2, -0.15) is 5.10 Å². The van der Waals surface area contributed by atoms with E-state index >= 15 is 0 Å². The van der Waals surface area contributed by atoms with Crippen molar-refractivity contribution in [3.63, 3.8) is 0 Å². The monoisotopic (exact) mass is 380 g/mol. The quantitative estimate of drug-likeness (QED) is 0.831. The van der Waals surface area contributed by atoms with Gasteiger partial charge in [0.05, 0.1) is 13.2 Å². The molecule has 1 aliphatic heterocycles. The summed E-state index contributed by atoms with van der Waals surface area (Å²) >= 11 is 0. The van der Waals surface area contributed by atoms with Crippen LogP contribution < -0.4 is 10.1 Å². The van der Waals surface area contributed by atoms with E-state index in [1.807, 2.05) is 16.9 Å². The normalized spacial score (nSPS) is 16.6. The van der Waals surface area contributed by atoms with Crippen molar-refractivity contribution in [2.45, 2.75) is 25.4 Å². The number of benzene rings is 1. The topological polar surface area (TPSA) is 79.6 Å². The number of nitrogens with one attached hydrogen (secondary N) is 1. The van der Waals surface area contributed by atoms with Crippen LogP contribution in [0, 0.1) is 0 Å². The number of aromatic hydroxyl groups is 1. The minimum atomic E-state index is -0.141. The van der Waals surface area contributed by atoms with Crippen molar-refractivity contribution in [3.05, 3.63) is 41.7 Å². The maximum absolute atomic E-state index is 12.6. The van der Waals surface area contributed by atoms with Crippen molar-refractivity contribution in [1.29, 1.82) is 0 Å². The number of ether oxygens (including phenoxy) is 1. The molecule has 3 rings (SSSR count). The highest BCUT2D eigenvalue weighted by Gasteiger charge is 2.20. The third-order valence-corrected chi connectivity index (χ3v) is 4.48. The van der Waals surface area contributed by atoms with Crippen LogP contribution in [-0.2, 0) is 6.54 Å². The predicted octanol–water partition coefficient (Wildman–Crippen LogP) is 2.22. The first-order valence-electron chi connectivity index (χ1n) is 8.45. The zero-order valence-corrected chi connectivity index (χ0v) is 15.8. The molecule has 0 saturated carbocycles. The molecule has 0 radical (unpaired) electrons. The van der Waals surface area contributed by atoms with Crippen LogP contribution in [0.3, 0.4) is 0 Å². The van der Waals surface area contributed by atoms with Gasteiger partial charge in [-0.25, -0.2) is 0 Å². The molecule has 1 aliphatic rings. The fourth-order valence-corrected chi connectivity index (χ4v) is 3.09. The first-order valence-corrected chi connectivity index (χ1v) is 8.45. The Bertz CT molecular complexity index is 744. The molecule has 1 aromatic heterocycles. The molecular weight excluding hydrogens is 356 g/mol. The summed E-state index contributed by atoms with van der Waals surface area (Å²) in [5, 5.41) is 17.7. The summed E-state index contributed by atoms with van der Waals surface area (Å²) in [6.07, 6.45) is 4.07. The van der Waals surface area contributed by atoms with E-state index in [2.05, 4.69) is 10.4 Å². The van der Waals surface area contributed by atoms with E-state index in [1.54, 1.807) is 30.1 Å². The molecule has 142 valence electrons. The van der Waals surface area contributed by atoms with Crippen LogP contribution in [-0.4, -0.2) is 52.9 Å². The summed E-state index contributed by atoms with van der Waals surface area (Å²) in [5.41, 5.74) is 1.26. The highest BCUT2D eigenvalue weighted by Crippen LogP contribution is 2.26. The summed E-state index contributed by atoms with van der Waals surface area (Å²) in [6.45, 7) is 2.31. The third-order valence-electron chi connectivity index (χ3n) is 4.48. The molecule has 8 heteroatoms. The zero-order valence-electron chi connectivity index (χ0n) is 15.0. The molecule has 1 atom stereocenters. The maximum Gasteiger partial charge on any atom is 0.274 e. The summed E-state index contributed by atoms with van der Waals surface area (Å²) in [4.78, 5) is 14.2. The molecule has 2 aromatic rings. The first-order chi connectivity index (χ1) is 12.1. The van der Waals surface area contributed by atoms with Gasteiger partial charge in [0.2, 0.25) is 0 Å². The number of halogens is 1. The smallest absolute Gasteiger partial charge is 0.274 e. The molecule has 0 aliphatic carbocycles. The molecule has 2 N–H and O–H groups in total. The number of aromatic nitrogens is 2. The van der Waals surface area contributed by atoms with Gasteiger partial charge < -0.3 is 20.1 Å². The number of carbonyl (C=O) groups is 1. The van der Waals surface area contributed by atoms with Crippen LogP contribution >= 0.6 is 12.4 Å². The Morgan fingerprint density at radius 2 is 2.27 bits per heavy atom. The van der Waals surface area contributed by atoms with E-state index in [-0.39, 0.29) is 24.1 Å². The fraction of sp³-hybridized carbons (Fsp3) is 0.444. The van der Waals surface area contributed by atoms with Gasteiger partial charge in [0, 0.05) is 26.3 Å². The van der Waals surface area contributed by atoms with Gasteiger partial charge in [-0.05, 0) is 43.1 Å². The van der Waals surface area contributed by atoms with Crippen molar-refractivity contribution in [3.8, 4) is 11.5 Å². The van der Waals surface area contributed by atoms with Gasteiger partial charge in [0.1, 0.15) is 5.69 Å². The lowest BCUT2D eigenvalue weighted by molar-refractivity contribution is 0.0777. The number of phenols is 1. The average Bonchev–Trinajstić information content (AvgIpc) is 3.12. The van der Waals surface area contributed by atoms with Gasteiger partial charge in [0.15, 0.2) is 11.5 Å². The Hall–Kier alpha value is -2.25. The van der Waals surface area contributed by atoms with Crippen LogP contribution in [0.2, 0.25) is 0 Å². The van der Waals surface area contributed by atoms with Crippen molar-refractivity contribution in [1.82, 2.24) is 20.0 Å². The van der Waals surface area contributed by atoms with E-state index in [0.717, 1.165) is 31.5 Å². The van der Waals surface area contributed by atoms with Crippen molar-refractivity contribution >= 4 is 18.3 Å². The molecule has 7 nitrogen and oxygen atoms in total. The van der Waals surface area contributed by atoms with Crippen LogP contribution in [0.15, 0.2) is 30.5 Å². The van der Waals surface area contributed by atoms with Gasteiger partial charge >= 0.3 is 0 Å². The number of carbonyl (C=O) groups excluding carboxylic acids is 1. The molecule has 1 unspecified atom stereocenters. The molecular formula is C18H25ClN4O3. The second-order valence-electron chi connectivity index (χ2n) is 6.35. The SMILES string of the molecule is COc1ccc(CN(C)C(=O)c2ccn(C3CCCNC3)n2)cc1O.Cl. The van der Waals surface area contributed by atoms with Gasteiger partial charge in [-0.3, -0.25) is 9.48 Å². The van der Waals surface area contributed by atoms with E-state index in [0.29, 0.717) is 24.0 Å². The number of methoxy groups -OCH3 is 1. The van der Waals surface area contributed by atoms with Gasteiger partial charge in [-0.1, -0.05) is 6.07 Å². The second-order valence-corrected chi connectivity index (χ2v) is 6.35. The summed E-state index contributed by atoms with van der Waals surface area (Å²) in [5.74, 6) is 0.338. The van der Waals surface area contributed by atoms with Crippen LogP contribution in [0.1, 0.15) is 34.9 Å². The Morgan fingerprint density at radius 3 is 2.92 bits per heavy atom. The number of nitrogens with zero attached hydrogens (tertiary/aromatic N) is 3. The Kier molecular flexibility index (Phi) is 6.88. The molecule has 26 heavy (non-hydrogen) atoms. The second kappa shape index (κ2) is 8.91. The third kappa shape index (κ3) is 4.47. The number of amides is 1. The minimum absolute atomic E-state index is 0. The Labute approximate surface area is 159 Å². The van der Waals surface area contributed by atoms with Crippen LogP contribution in [0.5, 0.6) is 11.5 Å². The lowest BCUT2D eigenvalue weighted by Gasteiger charge is -2.23. The van der Waals surface area contributed by atoms with Crippen molar-refractivity contribution in [2.24, 2.45) is 0 Å². The molecule has 1 amide bonds. The van der Waals surface area contributed by atoms with Gasteiger partial charge in [-0.15, -0.1) is 12.4 Å². The van der Waals surface area contributed by atoms with Crippen LogP contribution in [0.25, 0.3) is 0 Å². The molecule has 1 fully saturated rings. The fourth-order valence-electron chi connectivity index (χ4n) is 3.09. The van der Waals surface area contributed by atoms with Crippen molar-refractivity contribution in [2.75, 3.05) is 27.2 Å². The van der Waals surface area contributed by atoms with E-state index in [1.165, 1.54) is 7.11 Å². The Balaban J connectivity index is 0.00000243. The summed E-state index contributed by atoms with van der Waals surface area (Å²) in [6, 6.07) is 7.19. The average molecular weight is 381 g/mol. The summed E-state index contributed by atoms with van der Waals surface area (Å²) in [7, 11) is 3.23. The number of hydrogen-bond donors (Lipinski definition) is 2.